The number of ketones is 1. The Bertz CT molecular complexity index is 1680. The molecule has 0 radical (unpaired) electrons. The van der Waals surface area contributed by atoms with Gasteiger partial charge in [-0.15, -0.1) is 13.2 Å². The number of hydrogen-bond donors (Lipinski definition) is 0. The highest BCUT2D eigenvalue weighted by Crippen LogP contribution is 2.34. The number of sulfone groups is 1. The molecule has 3 fully saturated rings. The minimum Gasteiger partial charge on any atom is -0.490 e. The number of aromatic nitrogens is 1. The predicted molar refractivity (Wildman–Crippen MR) is 171 cm³/mol. The molecule has 0 spiro atoms. The molecule has 0 N–H and O–H groups in total. The fraction of sp³-hybridized carbons (Fsp3) is 0.457. The van der Waals surface area contributed by atoms with Crippen LogP contribution in [0.15, 0.2) is 71.8 Å². The van der Waals surface area contributed by atoms with Crippen molar-refractivity contribution in [2.24, 2.45) is 5.92 Å². The molecule has 9 nitrogen and oxygen atoms in total. The smallest absolute Gasteiger partial charge is 0.490 e. The third-order valence-corrected chi connectivity index (χ3v) is 11.5. The predicted octanol–water partition coefficient (Wildman–Crippen LogP) is 6.08. The average Bonchev–Trinajstić information content (AvgIpc) is 3.93. The molecular formula is C35H38F3N3O6S. The van der Waals surface area contributed by atoms with Gasteiger partial charge >= 0.3 is 6.36 Å². The van der Waals surface area contributed by atoms with Crippen molar-refractivity contribution in [2.45, 2.75) is 74.1 Å². The number of carbonyl (C=O) groups excluding carboxylic acids is 2. The van der Waals surface area contributed by atoms with Crippen molar-refractivity contribution in [3.8, 4) is 11.5 Å². The van der Waals surface area contributed by atoms with Gasteiger partial charge in [-0.05, 0) is 98.8 Å². The fourth-order valence-electron chi connectivity index (χ4n) is 6.28. The zero-order chi connectivity index (χ0) is 33.9. The van der Waals surface area contributed by atoms with E-state index >= 15 is 0 Å². The van der Waals surface area contributed by atoms with Crippen LogP contribution < -0.4 is 9.47 Å². The Morgan fingerprint density at radius 1 is 0.812 bits per heavy atom. The lowest BCUT2D eigenvalue weighted by molar-refractivity contribution is -0.274. The summed E-state index contributed by atoms with van der Waals surface area (Å²) >= 11 is 0. The van der Waals surface area contributed by atoms with E-state index in [1.54, 1.807) is 53.4 Å². The first-order valence-corrected chi connectivity index (χ1v) is 17.8. The van der Waals surface area contributed by atoms with E-state index in [-0.39, 0.29) is 40.4 Å². The van der Waals surface area contributed by atoms with Gasteiger partial charge in [0.05, 0.1) is 10.1 Å². The van der Waals surface area contributed by atoms with Gasteiger partial charge in [0, 0.05) is 50.7 Å². The summed E-state index contributed by atoms with van der Waals surface area (Å²) in [6.07, 6.45) is 1.42. The molecule has 2 saturated heterocycles. The first-order chi connectivity index (χ1) is 22.9. The van der Waals surface area contributed by atoms with E-state index in [0.29, 0.717) is 55.1 Å². The molecule has 3 aromatic rings. The van der Waals surface area contributed by atoms with Crippen molar-refractivity contribution < 1.29 is 40.7 Å². The largest absolute Gasteiger partial charge is 0.573 e. The van der Waals surface area contributed by atoms with Crippen LogP contribution in [0.2, 0.25) is 0 Å². The van der Waals surface area contributed by atoms with Crippen LogP contribution in [-0.4, -0.2) is 78.8 Å². The van der Waals surface area contributed by atoms with Gasteiger partial charge in [0.15, 0.2) is 15.6 Å². The number of alkyl halides is 3. The van der Waals surface area contributed by atoms with Crippen LogP contribution >= 0.6 is 0 Å². The summed E-state index contributed by atoms with van der Waals surface area (Å²) in [7, 11) is -3.24. The number of likely N-dealkylation sites (tertiary alicyclic amines) is 2. The highest BCUT2D eigenvalue weighted by atomic mass is 32.2. The third-order valence-electron chi connectivity index (χ3n) is 9.20. The second-order valence-electron chi connectivity index (χ2n) is 12.8. The number of ether oxygens (including phenoxy) is 2. The van der Waals surface area contributed by atoms with Crippen molar-refractivity contribution in [3.63, 3.8) is 0 Å². The summed E-state index contributed by atoms with van der Waals surface area (Å²) < 4.78 is 72.0. The van der Waals surface area contributed by atoms with Crippen molar-refractivity contribution in [1.29, 1.82) is 0 Å². The standard InChI is InChI=1S/C35H38F3N3O6S/c36-35(37,38)47-29-4-1-25(2-5-29)23-40-17-13-24(14-18-40)21-33(42)26-3-12-32(39-22-26)34(43)41-19-15-28(16-20-41)46-27-6-8-30(9-7-27)48(44,45)31-10-11-31/h1-9,12,22,24,28,31H,10-11,13-21,23H2. The molecule has 1 saturated carbocycles. The molecule has 256 valence electrons. The molecule has 3 heterocycles. The number of piperidine rings is 2. The SMILES string of the molecule is O=C(CC1CCN(Cc2ccc(OC(F)(F)F)cc2)CC1)c1ccc(C(=O)N2CCC(Oc3ccc(S(=O)(=O)C4CC4)cc3)CC2)nc1. The molecule has 0 atom stereocenters. The van der Waals surface area contributed by atoms with Crippen molar-refractivity contribution >= 4 is 21.5 Å². The molecule has 1 aliphatic carbocycles. The summed E-state index contributed by atoms with van der Waals surface area (Å²) in [4.78, 5) is 34.7. The van der Waals surface area contributed by atoms with Crippen LogP contribution in [0.1, 0.15) is 71.4 Å². The number of hydrogen-bond acceptors (Lipinski definition) is 8. The normalized spacial score (nSPS) is 18.4. The summed E-state index contributed by atoms with van der Waals surface area (Å²) in [5, 5.41) is -0.255. The Morgan fingerprint density at radius 3 is 2.04 bits per heavy atom. The fourth-order valence-corrected chi connectivity index (χ4v) is 7.94. The van der Waals surface area contributed by atoms with Crippen LogP contribution in [-0.2, 0) is 16.4 Å². The number of benzene rings is 2. The summed E-state index contributed by atoms with van der Waals surface area (Å²) in [5.74, 6) is 0.365. The second kappa shape index (κ2) is 14.3. The first-order valence-electron chi connectivity index (χ1n) is 16.3. The molecule has 48 heavy (non-hydrogen) atoms. The van der Waals surface area contributed by atoms with Gasteiger partial charge in [-0.3, -0.25) is 19.5 Å². The minimum atomic E-state index is -4.71. The summed E-state index contributed by atoms with van der Waals surface area (Å²) in [6, 6.07) is 15.7. The maximum Gasteiger partial charge on any atom is 0.573 e. The lowest BCUT2D eigenvalue weighted by atomic mass is 9.90. The van der Waals surface area contributed by atoms with Gasteiger partial charge in [0.2, 0.25) is 0 Å². The summed E-state index contributed by atoms with van der Waals surface area (Å²) in [6.45, 7) is 3.17. The number of Topliss-reactive ketones (excluding diaryl/α,β-unsaturated/α-hetero) is 1. The Morgan fingerprint density at radius 2 is 1.46 bits per heavy atom. The van der Waals surface area contributed by atoms with Gasteiger partial charge in [-0.1, -0.05) is 12.1 Å². The number of pyridine rings is 1. The number of carbonyl (C=O) groups is 2. The molecule has 3 aliphatic rings. The zero-order valence-electron chi connectivity index (χ0n) is 26.4. The first kappa shape index (κ1) is 33.9. The number of amides is 1. The van der Waals surface area contributed by atoms with E-state index in [4.69, 9.17) is 4.74 Å². The zero-order valence-corrected chi connectivity index (χ0v) is 27.2. The molecule has 13 heteroatoms. The van der Waals surface area contributed by atoms with Crippen molar-refractivity contribution in [3.05, 3.63) is 83.7 Å². The molecule has 1 aromatic heterocycles. The lowest BCUT2D eigenvalue weighted by Crippen LogP contribution is -2.42. The highest BCUT2D eigenvalue weighted by Gasteiger charge is 2.37. The second-order valence-corrected chi connectivity index (χ2v) is 15.0. The van der Waals surface area contributed by atoms with E-state index < -0.39 is 16.2 Å². The molecule has 1 amide bonds. The molecule has 0 bridgehead atoms. The van der Waals surface area contributed by atoms with Crippen molar-refractivity contribution in [1.82, 2.24) is 14.8 Å². The summed E-state index contributed by atoms with van der Waals surface area (Å²) in [5.41, 5.74) is 1.64. The monoisotopic (exact) mass is 685 g/mol. The van der Waals surface area contributed by atoms with Gasteiger partial charge in [-0.2, -0.15) is 0 Å². The number of nitrogens with zero attached hydrogens (tertiary/aromatic N) is 3. The van der Waals surface area contributed by atoms with Crippen LogP contribution in [0.5, 0.6) is 11.5 Å². The third kappa shape index (κ3) is 8.73. The van der Waals surface area contributed by atoms with Crippen LogP contribution in [0.4, 0.5) is 13.2 Å². The number of rotatable bonds is 11. The lowest BCUT2D eigenvalue weighted by Gasteiger charge is -2.32. The molecule has 2 aromatic carbocycles. The number of halogens is 3. The van der Waals surface area contributed by atoms with Gasteiger partial charge < -0.3 is 14.4 Å². The Labute approximate surface area is 278 Å². The van der Waals surface area contributed by atoms with E-state index in [1.807, 2.05) is 0 Å². The minimum absolute atomic E-state index is 0.0173. The van der Waals surface area contributed by atoms with Gasteiger partial charge in [0.25, 0.3) is 5.91 Å². The van der Waals surface area contributed by atoms with E-state index in [2.05, 4.69) is 14.6 Å². The molecule has 0 unspecified atom stereocenters. The average molecular weight is 686 g/mol. The maximum absolute atomic E-state index is 13.1. The molecule has 2 aliphatic heterocycles. The topological polar surface area (TPSA) is 106 Å². The van der Waals surface area contributed by atoms with Crippen molar-refractivity contribution in [2.75, 3.05) is 26.2 Å². The Balaban J connectivity index is 0.914. The van der Waals surface area contributed by atoms with Crippen LogP contribution in [0, 0.1) is 5.92 Å². The van der Waals surface area contributed by atoms with Crippen LogP contribution in [0.25, 0.3) is 0 Å². The Hall–Kier alpha value is -3.97. The Kier molecular flexibility index (Phi) is 10.1. The quantitative estimate of drug-likeness (QED) is 0.224. The maximum atomic E-state index is 13.1. The van der Waals surface area contributed by atoms with Gasteiger partial charge in [0.1, 0.15) is 23.3 Å². The van der Waals surface area contributed by atoms with Gasteiger partial charge in [-0.25, -0.2) is 8.42 Å². The van der Waals surface area contributed by atoms with Crippen LogP contribution in [0.3, 0.4) is 0 Å². The molecular weight excluding hydrogens is 647 g/mol. The van der Waals surface area contributed by atoms with E-state index in [0.717, 1.165) is 44.3 Å². The van der Waals surface area contributed by atoms with E-state index in [9.17, 15) is 31.2 Å². The molecule has 6 rings (SSSR count). The highest BCUT2D eigenvalue weighted by molar-refractivity contribution is 7.92. The van der Waals surface area contributed by atoms with E-state index in [1.165, 1.54) is 18.3 Å².